The molecule has 0 saturated heterocycles. The van der Waals surface area contributed by atoms with Crippen LogP contribution in [0, 0.1) is 5.92 Å². The number of hydrogen-bond donors (Lipinski definition) is 2. The maximum atomic E-state index is 10.7. The first kappa shape index (κ1) is 9.26. The van der Waals surface area contributed by atoms with Crippen LogP contribution < -0.4 is 5.73 Å². The lowest BCUT2D eigenvalue weighted by atomic mass is 10.0. The fourth-order valence-corrected chi connectivity index (χ4v) is 1.69. The van der Waals surface area contributed by atoms with Crippen LogP contribution in [-0.4, -0.2) is 17.1 Å². The summed E-state index contributed by atoms with van der Waals surface area (Å²) in [6.07, 6.45) is 4.54. The number of carboxylic acids is 1. The molecule has 68 valence electrons. The lowest BCUT2D eigenvalue weighted by molar-refractivity contribution is -0.140. The molecule has 0 aliphatic heterocycles. The molecule has 0 aromatic heterocycles. The molecule has 1 rings (SSSR count). The van der Waals surface area contributed by atoms with Gasteiger partial charge in [-0.2, -0.15) is 0 Å². The minimum Gasteiger partial charge on any atom is -0.481 e. The highest BCUT2D eigenvalue weighted by Crippen LogP contribution is 2.31. The molecule has 3 heteroatoms. The summed E-state index contributed by atoms with van der Waals surface area (Å²) >= 11 is 0. The Kier molecular flexibility index (Phi) is 2.87. The second-order valence-corrected chi connectivity index (χ2v) is 3.38. The first-order chi connectivity index (χ1) is 5.61. The molecule has 1 aliphatic carbocycles. The van der Waals surface area contributed by atoms with Gasteiger partial charge < -0.3 is 10.8 Å². The molecule has 3 nitrogen and oxygen atoms in total. The van der Waals surface area contributed by atoms with Gasteiger partial charge in [0.15, 0.2) is 0 Å². The summed E-state index contributed by atoms with van der Waals surface area (Å²) in [4.78, 5) is 10.7. The van der Waals surface area contributed by atoms with Crippen molar-refractivity contribution in [3.63, 3.8) is 0 Å². The molecule has 3 N–H and O–H groups in total. The number of carboxylic acid groups (broad SMARTS) is 1. The molecule has 1 fully saturated rings. The second kappa shape index (κ2) is 3.72. The zero-order valence-electron chi connectivity index (χ0n) is 7.29. The maximum absolute atomic E-state index is 10.7. The Morgan fingerprint density at radius 2 is 2.50 bits per heavy atom. The summed E-state index contributed by atoms with van der Waals surface area (Å²) in [5, 5.41) is 8.81. The van der Waals surface area contributed by atoms with Crippen LogP contribution in [0.4, 0.5) is 0 Å². The summed E-state index contributed by atoms with van der Waals surface area (Å²) in [5.41, 5.74) is 6.58. The van der Waals surface area contributed by atoms with Crippen LogP contribution in [0.1, 0.15) is 26.2 Å². The average molecular weight is 169 g/mol. The van der Waals surface area contributed by atoms with Crippen LogP contribution in [0.5, 0.6) is 0 Å². The molecular formula is C9H15NO2. The van der Waals surface area contributed by atoms with E-state index in [0.29, 0.717) is 0 Å². The van der Waals surface area contributed by atoms with E-state index in [2.05, 4.69) is 0 Å². The maximum Gasteiger partial charge on any atom is 0.310 e. The van der Waals surface area contributed by atoms with Crippen LogP contribution in [0.25, 0.3) is 0 Å². The van der Waals surface area contributed by atoms with Gasteiger partial charge in [-0.25, -0.2) is 0 Å². The third-order valence-corrected chi connectivity index (χ3v) is 2.18. The third-order valence-electron chi connectivity index (χ3n) is 2.18. The number of nitrogens with two attached hydrogens (primary N) is 1. The largest absolute Gasteiger partial charge is 0.481 e. The first-order valence-corrected chi connectivity index (χ1v) is 4.30. The van der Waals surface area contributed by atoms with Crippen molar-refractivity contribution in [2.45, 2.75) is 32.2 Å². The molecular weight excluding hydrogens is 154 g/mol. The Bertz CT molecular complexity index is 209. The molecule has 0 radical (unpaired) electrons. The molecule has 0 bridgehead atoms. The second-order valence-electron chi connectivity index (χ2n) is 3.38. The van der Waals surface area contributed by atoms with Gasteiger partial charge in [-0.05, 0) is 26.2 Å². The third kappa shape index (κ3) is 2.08. The topological polar surface area (TPSA) is 63.3 Å². The monoisotopic (exact) mass is 169 g/mol. The van der Waals surface area contributed by atoms with E-state index in [0.717, 1.165) is 24.8 Å². The van der Waals surface area contributed by atoms with Crippen LogP contribution in [0.15, 0.2) is 11.6 Å². The fourth-order valence-electron chi connectivity index (χ4n) is 1.69. The van der Waals surface area contributed by atoms with E-state index in [9.17, 15) is 4.79 Å². The Morgan fingerprint density at radius 1 is 1.83 bits per heavy atom. The van der Waals surface area contributed by atoms with E-state index in [1.165, 1.54) is 0 Å². The van der Waals surface area contributed by atoms with Gasteiger partial charge in [0.25, 0.3) is 0 Å². The SMILES string of the molecule is C[C@H](N)/C=C1/CCC[C@H]1C(=O)O. The standard InChI is InChI=1S/C9H15NO2/c1-6(10)5-7-3-2-4-8(7)9(11)12/h5-6,8H,2-4,10H2,1H3,(H,11,12)/b7-5-/t6-,8+/m0/s1. The minimum atomic E-state index is -0.709. The van der Waals surface area contributed by atoms with Crippen molar-refractivity contribution in [2.75, 3.05) is 0 Å². The summed E-state index contributed by atoms with van der Waals surface area (Å²) in [7, 11) is 0. The lowest BCUT2D eigenvalue weighted by Gasteiger charge is -2.07. The van der Waals surface area contributed by atoms with E-state index in [4.69, 9.17) is 10.8 Å². The number of hydrogen-bond acceptors (Lipinski definition) is 2. The lowest BCUT2D eigenvalue weighted by Crippen LogP contribution is -2.16. The average Bonchev–Trinajstić information content (AvgIpc) is 2.33. The highest BCUT2D eigenvalue weighted by Gasteiger charge is 2.26. The predicted octanol–water partition coefficient (Wildman–Crippen LogP) is 1.14. The number of aliphatic carboxylic acids is 1. The van der Waals surface area contributed by atoms with Crippen LogP contribution in [0.2, 0.25) is 0 Å². The van der Waals surface area contributed by atoms with Gasteiger partial charge in [0.2, 0.25) is 0 Å². The molecule has 0 unspecified atom stereocenters. The highest BCUT2D eigenvalue weighted by atomic mass is 16.4. The predicted molar refractivity (Wildman–Crippen MR) is 46.7 cm³/mol. The Balaban J connectivity index is 2.70. The van der Waals surface area contributed by atoms with Gasteiger partial charge in [-0.3, -0.25) is 4.79 Å². The highest BCUT2D eigenvalue weighted by molar-refractivity contribution is 5.74. The van der Waals surface area contributed by atoms with Gasteiger partial charge in [0.1, 0.15) is 0 Å². The summed E-state index contributed by atoms with van der Waals surface area (Å²) in [6, 6.07) is -0.0278. The number of rotatable bonds is 2. The molecule has 2 atom stereocenters. The van der Waals surface area contributed by atoms with Crippen molar-refractivity contribution in [1.82, 2.24) is 0 Å². The molecule has 0 amide bonds. The van der Waals surface area contributed by atoms with E-state index in [-0.39, 0.29) is 12.0 Å². The van der Waals surface area contributed by atoms with Crippen molar-refractivity contribution < 1.29 is 9.90 Å². The first-order valence-electron chi connectivity index (χ1n) is 4.30. The van der Waals surface area contributed by atoms with Crippen LogP contribution >= 0.6 is 0 Å². The van der Waals surface area contributed by atoms with Crippen molar-refractivity contribution in [1.29, 1.82) is 0 Å². The summed E-state index contributed by atoms with van der Waals surface area (Å²) in [6.45, 7) is 1.87. The van der Waals surface area contributed by atoms with E-state index in [1.54, 1.807) is 0 Å². The van der Waals surface area contributed by atoms with Crippen LogP contribution in [0.3, 0.4) is 0 Å². The molecule has 0 aromatic rings. The molecule has 0 heterocycles. The molecule has 1 aliphatic rings. The van der Waals surface area contributed by atoms with Crippen molar-refractivity contribution in [2.24, 2.45) is 11.7 Å². The normalized spacial score (nSPS) is 29.2. The minimum absolute atomic E-state index is 0.0278. The van der Waals surface area contributed by atoms with Gasteiger partial charge in [-0.15, -0.1) is 0 Å². The van der Waals surface area contributed by atoms with Crippen molar-refractivity contribution in [3.8, 4) is 0 Å². The molecule has 0 aromatic carbocycles. The van der Waals surface area contributed by atoms with E-state index in [1.807, 2.05) is 13.0 Å². The Morgan fingerprint density at radius 3 is 3.00 bits per heavy atom. The summed E-state index contributed by atoms with van der Waals surface area (Å²) < 4.78 is 0. The van der Waals surface area contributed by atoms with E-state index >= 15 is 0 Å². The van der Waals surface area contributed by atoms with Gasteiger partial charge >= 0.3 is 5.97 Å². The van der Waals surface area contributed by atoms with Crippen LogP contribution in [-0.2, 0) is 4.79 Å². The van der Waals surface area contributed by atoms with Gasteiger partial charge in [0, 0.05) is 6.04 Å². The quantitative estimate of drug-likeness (QED) is 0.609. The van der Waals surface area contributed by atoms with Crippen molar-refractivity contribution >= 4 is 5.97 Å². The fraction of sp³-hybridized carbons (Fsp3) is 0.667. The molecule has 1 saturated carbocycles. The van der Waals surface area contributed by atoms with E-state index < -0.39 is 5.97 Å². The van der Waals surface area contributed by atoms with Gasteiger partial charge in [0.05, 0.1) is 5.92 Å². The smallest absolute Gasteiger partial charge is 0.310 e. The van der Waals surface area contributed by atoms with Gasteiger partial charge in [-0.1, -0.05) is 11.6 Å². The zero-order valence-corrected chi connectivity index (χ0v) is 7.29. The van der Waals surface area contributed by atoms with Crippen molar-refractivity contribution in [3.05, 3.63) is 11.6 Å². The molecule has 12 heavy (non-hydrogen) atoms. The zero-order chi connectivity index (χ0) is 9.14. The number of carbonyl (C=O) groups is 1. The Labute approximate surface area is 72.3 Å². The summed E-state index contributed by atoms with van der Waals surface area (Å²) in [5.74, 6) is -0.976. The Hall–Kier alpha value is -0.830. The molecule has 0 spiro atoms.